The van der Waals surface area contributed by atoms with Crippen LogP contribution in [0.5, 0.6) is 0 Å². The number of esters is 1. The molecular weight excluding hydrogens is 377 g/mol. The number of nitrogens with zero attached hydrogens (tertiary/aromatic N) is 1. The van der Waals surface area contributed by atoms with E-state index in [4.69, 9.17) is 11.6 Å². The summed E-state index contributed by atoms with van der Waals surface area (Å²) in [5.74, 6) is -1.53. The Balaban J connectivity index is 2.28. The van der Waals surface area contributed by atoms with Crippen molar-refractivity contribution in [2.75, 3.05) is 12.4 Å². The molecule has 0 bridgehead atoms. The van der Waals surface area contributed by atoms with E-state index in [1.165, 1.54) is 18.2 Å². The van der Waals surface area contributed by atoms with Gasteiger partial charge in [-0.3, -0.25) is 9.59 Å². The highest BCUT2D eigenvalue weighted by atomic mass is 35.5. The first-order valence-corrected chi connectivity index (χ1v) is 7.45. The quantitative estimate of drug-likeness (QED) is 0.817. The molecule has 0 saturated carbocycles. The molecule has 2 rings (SSSR count). The first-order chi connectivity index (χ1) is 12.1. The number of benzene rings is 1. The molecule has 0 radical (unpaired) electrons. The number of para-hydroxylation sites is 1. The molecule has 1 aromatic heterocycles. The summed E-state index contributed by atoms with van der Waals surface area (Å²) in [7, 11) is 1.16. The molecule has 10 heteroatoms. The molecule has 1 N–H and O–H groups in total. The number of ether oxygens (including phenoxy) is 1. The molecule has 1 aromatic carbocycles. The van der Waals surface area contributed by atoms with E-state index in [-0.39, 0.29) is 11.3 Å². The Morgan fingerprint density at radius 3 is 2.54 bits per heavy atom. The van der Waals surface area contributed by atoms with E-state index in [1.54, 1.807) is 6.07 Å². The zero-order valence-electron chi connectivity index (χ0n) is 13.3. The summed E-state index contributed by atoms with van der Waals surface area (Å²) in [4.78, 5) is 35.6. The van der Waals surface area contributed by atoms with Crippen LogP contribution in [0.2, 0.25) is 5.02 Å². The number of pyridine rings is 1. The smallest absolute Gasteiger partial charge is 0.417 e. The van der Waals surface area contributed by atoms with Crippen LogP contribution in [0.25, 0.3) is 0 Å². The molecule has 6 nitrogen and oxygen atoms in total. The van der Waals surface area contributed by atoms with Gasteiger partial charge in [0.25, 0.3) is 5.56 Å². The van der Waals surface area contributed by atoms with Crippen molar-refractivity contribution in [2.24, 2.45) is 0 Å². The fraction of sp³-hybridized carbons (Fsp3) is 0.188. The van der Waals surface area contributed by atoms with Crippen molar-refractivity contribution < 1.29 is 27.5 Å². The molecule has 0 fully saturated rings. The van der Waals surface area contributed by atoms with Gasteiger partial charge in [-0.05, 0) is 18.2 Å². The van der Waals surface area contributed by atoms with Gasteiger partial charge in [0.1, 0.15) is 11.6 Å². The maximum absolute atomic E-state index is 12.8. The number of hydrogen-bond acceptors (Lipinski definition) is 4. The van der Waals surface area contributed by atoms with Crippen molar-refractivity contribution in [1.82, 2.24) is 4.57 Å². The molecule has 0 saturated heterocycles. The summed E-state index contributed by atoms with van der Waals surface area (Å²) in [6, 6.07) is 6.38. The minimum atomic E-state index is -4.73. The van der Waals surface area contributed by atoms with Crippen LogP contribution >= 0.6 is 11.6 Å². The number of alkyl halides is 3. The third kappa shape index (κ3) is 4.42. The van der Waals surface area contributed by atoms with Gasteiger partial charge < -0.3 is 14.6 Å². The van der Waals surface area contributed by atoms with Crippen molar-refractivity contribution in [3.05, 3.63) is 63.0 Å². The molecule has 138 valence electrons. The summed E-state index contributed by atoms with van der Waals surface area (Å²) in [5, 5.41) is 1.69. The lowest BCUT2D eigenvalue weighted by Crippen LogP contribution is -2.29. The van der Waals surface area contributed by atoms with Gasteiger partial charge in [0.2, 0.25) is 5.91 Å². The lowest BCUT2D eigenvalue weighted by Gasteiger charge is -2.13. The molecule has 0 aliphatic carbocycles. The van der Waals surface area contributed by atoms with Gasteiger partial charge in [-0.25, -0.2) is 4.79 Å². The number of hydrogen-bond donors (Lipinski definition) is 1. The van der Waals surface area contributed by atoms with Crippen molar-refractivity contribution in [3.63, 3.8) is 0 Å². The summed E-state index contributed by atoms with van der Waals surface area (Å²) in [5.41, 5.74) is -1.96. The Bertz CT molecular complexity index is 909. The fourth-order valence-corrected chi connectivity index (χ4v) is 2.32. The molecule has 1 heterocycles. The molecule has 0 spiro atoms. The third-order valence-electron chi connectivity index (χ3n) is 3.29. The second kappa shape index (κ2) is 7.61. The highest BCUT2D eigenvalue weighted by molar-refractivity contribution is 6.30. The summed E-state index contributed by atoms with van der Waals surface area (Å²) in [6.45, 7) is -0.724. The average molecular weight is 389 g/mol. The van der Waals surface area contributed by atoms with Crippen LogP contribution in [0.1, 0.15) is 15.9 Å². The SMILES string of the molecule is COC(=O)c1ccccc1NC(=O)Cn1cc(C(F)(F)F)cc(Cl)c1=O. The van der Waals surface area contributed by atoms with Gasteiger partial charge in [-0.15, -0.1) is 0 Å². The fourth-order valence-electron chi connectivity index (χ4n) is 2.10. The Morgan fingerprint density at radius 1 is 1.27 bits per heavy atom. The van der Waals surface area contributed by atoms with Crippen LogP contribution in [0.15, 0.2) is 41.3 Å². The van der Waals surface area contributed by atoms with E-state index in [0.717, 1.165) is 7.11 Å². The van der Waals surface area contributed by atoms with E-state index < -0.39 is 40.7 Å². The summed E-state index contributed by atoms with van der Waals surface area (Å²) in [6.07, 6.45) is -4.23. The zero-order valence-corrected chi connectivity index (χ0v) is 14.0. The Morgan fingerprint density at radius 2 is 1.92 bits per heavy atom. The van der Waals surface area contributed by atoms with Crippen LogP contribution in [0, 0.1) is 0 Å². The minimum Gasteiger partial charge on any atom is -0.465 e. The number of anilines is 1. The van der Waals surface area contributed by atoms with Crippen LogP contribution in [0.3, 0.4) is 0 Å². The van der Waals surface area contributed by atoms with E-state index in [9.17, 15) is 27.6 Å². The second-order valence-corrected chi connectivity index (χ2v) is 5.50. The van der Waals surface area contributed by atoms with Crippen LogP contribution in [0.4, 0.5) is 18.9 Å². The Kier molecular flexibility index (Phi) is 5.71. The highest BCUT2D eigenvalue weighted by Crippen LogP contribution is 2.29. The minimum absolute atomic E-state index is 0.0535. The van der Waals surface area contributed by atoms with E-state index in [0.29, 0.717) is 16.8 Å². The van der Waals surface area contributed by atoms with Crippen molar-refractivity contribution in [2.45, 2.75) is 12.7 Å². The van der Waals surface area contributed by atoms with Crippen molar-refractivity contribution in [3.8, 4) is 0 Å². The normalized spacial score (nSPS) is 11.1. The Hall–Kier alpha value is -2.81. The molecule has 26 heavy (non-hydrogen) atoms. The number of nitrogens with one attached hydrogen (secondary N) is 1. The number of methoxy groups -OCH3 is 1. The number of amides is 1. The lowest BCUT2D eigenvalue weighted by molar-refractivity contribution is -0.138. The number of carbonyl (C=O) groups excluding carboxylic acids is 2. The second-order valence-electron chi connectivity index (χ2n) is 5.09. The molecule has 0 aliphatic rings. The van der Waals surface area contributed by atoms with Gasteiger partial charge in [0.05, 0.1) is 23.9 Å². The van der Waals surface area contributed by atoms with Crippen molar-refractivity contribution >= 4 is 29.2 Å². The highest BCUT2D eigenvalue weighted by Gasteiger charge is 2.32. The largest absolute Gasteiger partial charge is 0.465 e. The van der Waals surface area contributed by atoms with E-state index in [1.807, 2.05) is 0 Å². The number of halogens is 4. The molecule has 0 atom stereocenters. The first-order valence-electron chi connectivity index (χ1n) is 7.08. The predicted molar refractivity (Wildman–Crippen MR) is 87.1 cm³/mol. The van der Waals surface area contributed by atoms with Gasteiger partial charge in [0, 0.05) is 6.20 Å². The number of carbonyl (C=O) groups is 2. The maximum Gasteiger partial charge on any atom is 0.417 e. The van der Waals surface area contributed by atoms with Crippen LogP contribution < -0.4 is 10.9 Å². The Labute approximate surface area is 150 Å². The molecular formula is C16H12ClF3N2O4. The lowest BCUT2D eigenvalue weighted by atomic mass is 10.2. The predicted octanol–water partition coefficient (Wildman–Crippen LogP) is 2.95. The molecule has 0 aliphatic heterocycles. The van der Waals surface area contributed by atoms with Gasteiger partial charge in [-0.2, -0.15) is 13.2 Å². The summed E-state index contributed by atoms with van der Waals surface area (Å²) >= 11 is 5.53. The van der Waals surface area contributed by atoms with Gasteiger partial charge >= 0.3 is 12.1 Å². The third-order valence-corrected chi connectivity index (χ3v) is 3.56. The van der Waals surface area contributed by atoms with Crippen LogP contribution in [-0.4, -0.2) is 23.6 Å². The monoisotopic (exact) mass is 388 g/mol. The number of rotatable bonds is 4. The number of aromatic nitrogens is 1. The zero-order chi connectivity index (χ0) is 19.5. The van der Waals surface area contributed by atoms with E-state index in [2.05, 4.69) is 10.1 Å². The van der Waals surface area contributed by atoms with Crippen LogP contribution in [-0.2, 0) is 22.3 Å². The molecule has 1 amide bonds. The average Bonchev–Trinajstić information content (AvgIpc) is 2.57. The first kappa shape index (κ1) is 19.5. The topological polar surface area (TPSA) is 77.4 Å². The molecule has 0 unspecified atom stereocenters. The van der Waals surface area contributed by atoms with Gasteiger partial charge in [-0.1, -0.05) is 23.7 Å². The standard InChI is InChI=1S/C16H12ClF3N2O4/c1-26-15(25)10-4-2-3-5-12(10)21-13(23)8-22-7-9(16(18,19)20)6-11(17)14(22)24/h2-7H,8H2,1H3,(H,21,23). The van der Waals surface area contributed by atoms with Gasteiger partial charge in [0.15, 0.2) is 0 Å². The molecule has 2 aromatic rings. The van der Waals surface area contributed by atoms with E-state index >= 15 is 0 Å². The summed E-state index contributed by atoms with van der Waals surface area (Å²) < 4.78 is 43.6. The maximum atomic E-state index is 12.8. The van der Waals surface area contributed by atoms with Crippen molar-refractivity contribution in [1.29, 1.82) is 0 Å².